The minimum Gasteiger partial charge on any atom is -0.350 e. The molecule has 0 saturated heterocycles. The molecule has 2 amide bonds. The highest BCUT2D eigenvalue weighted by Gasteiger charge is 2.17. The number of carbonyl (C=O) groups excluding carboxylic acids is 2. The number of halogens is 1. The van der Waals surface area contributed by atoms with Gasteiger partial charge in [-0.1, -0.05) is 35.9 Å². The molecule has 7 nitrogen and oxygen atoms in total. The number of amides is 2. The Balaban J connectivity index is 1.89. The van der Waals surface area contributed by atoms with Gasteiger partial charge in [0.1, 0.15) is 6.04 Å². The van der Waals surface area contributed by atoms with Crippen LogP contribution < -0.4 is 10.6 Å². The Labute approximate surface area is 149 Å². The molecule has 0 spiro atoms. The van der Waals surface area contributed by atoms with Crippen LogP contribution in [-0.4, -0.2) is 22.8 Å². The van der Waals surface area contributed by atoms with Gasteiger partial charge in [0.15, 0.2) is 0 Å². The van der Waals surface area contributed by atoms with Gasteiger partial charge in [0.2, 0.25) is 5.91 Å². The monoisotopic (exact) mass is 361 g/mol. The minimum absolute atomic E-state index is 0.0181. The number of nitrogens with zero attached hydrogens (tertiary/aromatic N) is 1. The predicted molar refractivity (Wildman–Crippen MR) is 93.3 cm³/mol. The van der Waals surface area contributed by atoms with Crippen LogP contribution in [0.25, 0.3) is 0 Å². The number of rotatable bonds is 6. The Bertz CT molecular complexity index is 793. The normalized spacial score (nSPS) is 11.4. The van der Waals surface area contributed by atoms with Gasteiger partial charge in [0, 0.05) is 18.7 Å². The van der Waals surface area contributed by atoms with Crippen molar-refractivity contribution >= 4 is 29.1 Å². The lowest BCUT2D eigenvalue weighted by atomic mass is 10.2. The Hall–Kier alpha value is -2.93. The number of non-ortho nitro benzene ring substituents is 1. The first-order chi connectivity index (χ1) is 11.9. The van der Waals surface area contributed by atoms with Crippen LogP contribution in [0.1, 0.15) is 22.8 Å². The van der Waals surface area contributed by atoms with Crippen molar-refractivity contribution in [1.82, 2.24) is 10.6 Å². The molecule has 0 bridgehead atoms. The first-order valence-corrected chi connectivity index (χ1v) is 7.82. The molecular formula is C17H16ClN3O4. The van der Waals surface area contributed by atoms with Crippen molar-refractivity contribution in [1.29, 1.82) is 0 Å². The molecular weight excluding hydrogens is 346 g/mol. The van der Waals surface area contributed by atoms with E-state index in [0.29, 0.717) is 16.1 Å². The summed E-state index contributed by atoms with van der Waals surface area (Å²) < 4.78 is 0. The molecule has 8 heteroatoms. The van der Waals surface area contributed by atoms with Crippen molar-refractivity contribution in [2.45, 2.75) is 19.5 Å². The lowest BCUT2D eigenvalue weighted by Crippen LogP contribution is -2.44. The van der Waals surface area contributed by atoms with Gasteiger partial charge in [-0.05, 0) is 24.6 Å². The van der Waals surface area contributed by atoms with Crippen molar-refractivity contribution < 1.29 is 14.5 Å². The maximum atomic E-state index is 12.1. The average molecular weight is 362 g/mol. The van der Waals surface area contributed by atoms with Crippen molar-refractivity contribution in [3.63, 3.8) is 0 Å². The molecule has 0 aromatic heterocycles. The van der Waals surface area contributed by atoms with E-state index in [1.165, 1.54) is 12.1 Å². The fraction of sp³-hybridized carbons (Fsp3) is 0.176. The second-order valence-electron chi connectivity index (χ2n) is 5.32. The van der Waals surface area contributed by atoms with Gasteiger partial charge < -0.3 is 10.6 Å². The predicted octanol–water partition coefficient (Wildman–Crippen LogP) is 2.68. The maximum absolute atomic E-state index is 12.1. The Kier molecular flexibility index (Phi) is 6.08. The fourth-order valence-electron chi connectivity index (χ4n) is 2.06. The molecule has 0 saturated carbocycles. The zero-order chi connectivity index (χ0) is 18.4. The van der Waals surface area contributed by atoms with E-state index >= 15 is 0 Å². The van der Waals surface area contributed by atoms with Crippen LogP contribution in [0.5, 0.6) is 0 Å². The van der Waals surface area contributed by atoms with E-state index in [1.807, 2.05) is 0 Å². The van der Waals surface area contributed by atoms with Crippen LogP contribution in [0.4, 0.5) is 5.69 Å². The second-order valence-corrected chi connectivity index (χ2v) is 5.72. The maximum Gasteiger partial charge on any atom is 0.269 e. The third kappa shape index (κ3) is 5.02. The van der Waals surface area contributed by atoms with Gasteiger partial charge in [0.05, 0.1) is 15.5 Å². The zero-order valence-corrected chi connectivity index (χ0v) is 14.1. The van der Waals surface area contributed by atoms with Gasteiger partial charge in [-0.2, -0.15) is 0 Å². The van der Waals surface area contributed by atoms with Crippen LogP contribution in [0.15, 0.2) is 48.5 Å². The number of hydrogen-bond donors (Lipinski definition) is 2. The Morgan fingerprint density at radius 2 is 1.80 bits per heavy atom. The summed E-state index contributed by atoms with van der Waals surface area (Å²) in [5.74, 6) is -0.817. The van der Waals surface area contributed by atoms with Crippen molar-refractivity contribution in [3.8, 4) is 0 Å². The second kappa shape index (κ2) is 8.25. The molecule has 25 heavy (non-hydrogen) atoms. The summed E-state index contributed by atoms with van der Waals surface area (Å²) in [6.07, 6.45) is 0. The molecule has 2 rings (SSSR count). The number of nitro groups is 1. The summed E-state index contributed by atoms with van der Waals surface area (Å²) in [6, 6.07) is 11.6. The highest BCUT2D eigenvalue weighted by atomic mass is 35.5. The van der Waals surface area contributed by atoms with Crippen LogP contribution in [-0.2, 0) is 11.3 Å². The van der Waals surface area contributed by atoms with Gasteiger partial charge in [-0.25, -0.2) is 0 Å². The van der Waals surface area contributed by atoms with Gasteiger partial charge in [-0.3, -0.25) is 19.7 Å². The standard InChI is InChI=1S/C17H16ClN3O4/c1-11(20-17(23)14-4-2-3-5-15(14)18)16(22)19-10-12-6-8-13(9-7-12)21(24)25/h2-9,11H,10H2,1H3,(H,19,22)(H,20,23). The molecule has 2 N–H and O–H groups in total. The molecule has 0 aliphatic rings. The molecule has 130 valence electrons. The summed E-state index contributed by atoms with van der Waals surface area (Å²) in [5, 5.41) is 16.1. The number of carbonyl (C=O) groups is 2. The lowest BCUT2D eigenvalue weighted by Gasteiger charge is -2.14. The summed E-state index contributed by atoms with van der Waals surface area (Å²) in [6.45, 7) is 1.75. The topological polar surface area (TPSA) is 101 Å². The zero-order valence-electron chi connectivity index (χ0n) is 13.4. The smallest absolute Gasteiger partial charge is 0.269 e. The van der Waals surface area contributed by atoms with E-state index in [-0.39, 0.29) is 18.1 Å². The number of hydrogen-bond acceptors (Lipinski definition) is 4. The molecule has 1 atom stereocenters. The average Bonchev–Trinajstić information content (AvgIpc) is 2.60. The van der Waals surface area contributed by atoms with Crippen LogP contribution in [0.2, 0.25) is 5.02 Å². The van der Waals surface area contributed by atoms with Crippen molar-refractivity contribution in [2.24, 2.45) is 0 Å². The SMILES string of the molecule is CC(NC(=O)c1ccccc1Cl)C(=O)NCc1ccc([N+](=O)[O-])cc1. The Morgan fingerprint density at radius 3 is 2.40 bits per heavy atom. The first kappa shape index (κ1) is 18.4. The summed E-state index contributed by atoms with van der Waals surface area (Å²) in [7, 11) is 0. The third-order valence-corrected chi connectivity index (χ3v) is 3.80. The van der Waals surface area contributed by atoms with Crippen LogP contribution in [0.3, 0.4) is 0 Å². The highest BCUT2D eigenvalue weighted by Crippen LogP contribution is 2.15. The molecule has 2 aromatic rings. The van der Waals surface area contributed by atoms with Crippen LogP contribution in [0, 0.1) is 10.1 Å². The molecule has 0 fully saturated rings. The van der Waals surface area contributed by atoms with E-state index in [4.69, 9.17) is 11.6 Å². The largest absolute Gasteiger partial charge is 0.350 e. The van der Waals surface area contributed by atoms with Gasteiger partial charge >= 0.3 is 0 Å². The quantitative estimate of drug-likeness (QED) is 0.610. The first-order valence-electron chi connectivity index (χ1n) is 7.45. The van der Waals surface area contributed by atoms with Gasteiger partial charge in [-0.15, -0.1) is 0 Å². The number of nitro benzene ring substituents is 1. The Morgan fingerprint density at radius 1 is 1.16 bits per heavy atom. The summed E-state index contributed by atoms with van der Waals surface area (Å²) >= 11 is 5.95. The van der Waals surface area contributed by atoms with E-state index in [2.05, 4.69) is 10.6 Å². The van der Waals surface area contributed by atoms with Crippen molar-refractivity contribution in [3.05, 3.63) is 74.8 Å². The van der Waals surface area contributed by atoms with E-state index in [0.717, 1.165) is 0 Å². The molecule has 0 aliphatic heterocycles. The third-order valence-electron chi connectivity index (χ3n) is 3.47. The molecule has 1 unspecified atom stereocenters. The van der Waals surface area contributed by atoms with Crippen molar-refractivity contribution in [2.75, 3.05) is 0 Å². The fourth-order valence-corrected chi connectivity index (χ4v) is 2.28. The van der Waals surface area contributed by atoms with E-state index < -0.39 is 16.9 Å². The summed E-state index contributed by atoms with van der Waals surface area (Å²) in [4.78, 5) is 34.3. The molecule has 2 aromatic carbocycles. The van der Waals surface area contributed by atoms with E-state index in [1.54, 1.807) is 43.3 Å². The summed E-state index contributed by atoms with van der Waals surface area (Å²) in [5.41, 5.74) is 0.984. The molecule has 0 heterocycles. The molecule has 0 radical (unpaired) electrons. The number of nitrogens with one attached hydrogen (secondary N) is 2. The van der Waals surface area contributed by atoms with Gasteiger partial charge in [0.25, 0.3) is 11.6 Å². The minimum atomic E-state index is -0.762. The van der Waals surface area contributed by atoms with Crippen LogP contribution >= 0.6 is 11.6 Å². The molecule has 0 aliphatic carbocycles. The lowest BCUT2D eigenvalue weighted by molar-refractivity contribution is -0.384. The van der Waals surface area contributed by atoms with E-state index in [9.17, 15) is 19.7 Å². The highest BCUT2D eigenvalue weighted by molar-refractivity contribution is 6.33. The number of benzene rings is 2.